The van der Waals surface area contributed by atoms with Crippen molar-refractivity contribution in [3.8, 4) is 5.69 Å². The van der Waals surface area contributed by atoms with Gasteiger partial charge in [-0.25, -0.2) is 4.68 Å². The van der Waals surface area contributed by atoms with Gasteiger partial charge in [0.25, 0.3) is 5.91 Å². The highest BCUT2D eigenvalue weighted by Gasteiger charge is 2.24. The number of carbonyl (C=O) groups is 2. The molecule has 0 radical (unpaired) electrons. The summed E-state index contributed by atoms with van der Waals surface area (Å²) in [6.45, 7) is 6.13. The van der Waals surface area contributed by atoms with Crippen molar-refractivity contribution in [3.05, 3.63) is 47.0 Å². The molecular formula is C20H22N4O2S. The van der Waals surface area contributed by atoms with E-state index < -0.39 is 0 Å². The van der Waals surface area contributed by atoms with Crippen LogP contribution in [0.1, 0.15) is 28.7 Å². The van der Waals surface area contributed by atoms with Crippen LogP contribution >= 0.6 is 11.3 Å². The average Bonchev–Trinajstić information content (AvgIpc) is 3.12. The van der Waals surface area contributed by atoms with Gasteiger partial charge in [0.2, 0.25) is 5.91 Å². The molecule has 2 aromatic heterocycles. The van der Waals surface area contributed by atoms with Crippen LogP contribution in [0.5, 0.6) is 0 Å². The van der Waals surface area contributed by atoms with Gasteiger partial charge in [0.05, 0.1) is 16.3 Å². The van der Waals surface area contributed by atoms with E-state index >= 15 is 0 Å². The van der Waals surface area contributed by atoms with Gasteiger partial charge in [-0.3, -0.25) is 9.59 Å². The lowest BCUT2D eigenvalue weighted by Gasteiger charge is -2.20. The van der Waals surface area contributed by atoms with Gasteiger partial charge in [-0.2, -0.15) is 5.10 Å². The first-order valence-corrected chi connectivity index (χ1v) is 9.95. The van der Waals surface area contributed by atoms with E-state index in [-0.39, 0.29) is 11.8 Å². The van der Waals surface area contributed by atoms with E-state index in [0.29, 0.717) is 26.2 Å². The van der Waals surface area contributed by atoms with Gasteiger partial charge in [-0.15, -0.1) is 11.3 Å². The fourth-order valence-electron chi connectivity index (χ4n) is 3.49. The Bertz CT molecular complexity index is 992. The van der Waals surface area contributed by atoms with E-state index in [4.69, 9.17) is 0 Å². The number of fused-ring (bicyclic) bond motifs is 1. The van der Waals surface area contributed by atoms with Crippen molar-refractivity contribution in [2.24, 2.45) is 0 Å². The third-order valence-corrected chi connectivity index (χ3v) is 6.08. The number of hydrogen-bond acceptors (Lipinski definition) is 4. The van der Waals surface area contributed by atoms with Crippen molar-refractivity contribution in [2.75, 3.05) is 26.2 Å². The van der Waals surface area contributed by atoms with E-state index in [2.05, 4.69) is 5.10 Å². The molecule has 1 aliphatic heterocycles. The second-order valence-corrected chi connectivity index (χ2v) is 7.84. The van der Waals surface area contributed by atoms with Gasteiger partial charge in [0.15, 0.2) is 0 Å². The van der Waals surface area contributed by atoms with Crippen LogP contribution in [-0.2, 0) is 4.79 Å². The highest BCUT2D eigenvalue weighted by Crippen LogP contribution is 2.31. The number of benzene rings is 1. The highest BCUT2D eigenvalue weighted by molar-refractivity contribution is 7.20. The number of amides is 2. The molecule has 3 heterocycles. The Morgan fingerprint density at radius 2 is 1.74 bits per heavy atom. The van der Waals surface area contributed by atoms with Gasteiger partial charge in [0, 0.05) is 38.5 Å². The number of para-hydroxylation sites is 1. The first kappa shape index (κ1) is 17.7. The van der Waals surface area contributed by atoms with Crippen LogP contribution in [0.25, 0.3) is 15.9 Å². The minimum Gasteiger partial charge on any atom is -0.341 e. The molecular weight excluding hydrogens is 360 g/mol. The summed E-state index contributed by atoms with van der Waals surface area (Å²) in [7, 11) is 0. The van der Waals surface area contributed by atoms with Crippen molar-refractivity contribution in [2.45, 2.75) is 20.3 Å². The molecule has 0 saturated carbocycles. The molecule has 1 aliphatic rings. The van der Waals surface area contributed by atoms with Crippen LogP contribution in [0, 0.1) is 6.92 Å². The molecule has 0 atom stereocenters. The lowest BCUT2D eigenvalue weighted by Crippen LogP contribution is -2.36. The lowest BCUT2D eigenvalue weighted by molar-refractivity contribution is -0.128. The van der Waals surface area contributed by atoms with Gasteiger partial charge in [-0.05, 0) is 31.5 Å². The van der Waals surface area contributed by atoms with Crippen LogP contribution in [0.3, 0.4) is 0 Å². The maximum atomic E-state index is 13.1. The van der Waals surface area contributed by atoms with Crippen LogP contribution in [0.4, 0.5) is 0 Å². The van der Waals surface area contributed by atoms with Crippen molar-refractivity contribution in [3.63, 3.8) is 0 Å². The predicted molar refractivity (Wildman–Crippen MR) is 106 cm³/mol. The molecule has 4 rings (SSSR count). The van der Waals surface area contributed by atoms with Gasteiger partial charge in [-0.1, -0.05) is 18.2 Å². The van der Waals surface area contributed by atoms with Crippen molar-refractivity contribution in [1.82, 2.24) is 19.6 Å². The van der Waals surface area contributed by atoms with Gasteiger partial charge in [0.1, 0.15) is 4.83 Å². The summed E-state index contributed by atoms with van der Waals surface area (Å²) in [5, 5.41) is 5.66. The number of nitrogens with zero attached hydrogens (tertiary/aromatic N) is 4. The second-order valence-electron chi connectivity index (χ2n) is 6.81. The van der Waals surface area contributed by atoms with Crippen molar-refractivity contribution in [1.29, 1.82) is 0 Å². The Hall–Kier alpha value is -2.67. The maximum Gasteiger partial charge on any atom is 0.264 e. The predicted octanol–water partition coefficient (Wildman–Crippen LogP) is 3.09. The first-order valence-electron chi connectivity index (χ1n) is 9.14. The molecule has 1 fully saturated rings. The summed E-state index contributed by atoms with van der Waals surface area (Å²) in [6.07, 6.45) is 0.813. The molecule has 0 spiro atoms. The molecule has 0 bridgehead atoms. The molecule has 1 saturated heterocycles. The van der Waals surface area contributed by atoms with Crippen LogP contribution in [-0.4, -0.2) is 57.6 Å². The SMILES string of the molecule is CC(=O)N1CCCN(C(=O)c2cc3c(C)nn(-c4ccccc4)c3s2)CC1. The largest absolute Gasteiger partial charge is 0.341 e. The monoisotopic (exact) mass is 382 g/mol. The summed E-state index contributed by atoms with van der Waals surface area (Å²) < 4.78 is 1.91. The zero-order chi connectivity index (χ0) is 19.0. The molecule has 0 aliphatic carbocycles. The third kappa shape index (κ3) is 3.35. The topological polar surface area (TPSA) is 58.4 Å². The first-order chi connectivity index (χ1) is 13.0. The molecule has 0 unspecified atom stereocenters. The van der Waals surface area contributed by atoms with E-state index in [0.717, 1.165) is 32.9 Å². The lowest BCUT2D eigenvalue weighted by atomic mass is 10.3. The molecule has 7 heteroatoms. The van der Waals surface area contributed by atoms with Gasteiger partial charge < -0.3 is 9.80 Å². The van der Waals surface area contributed by atoms with Crippen molar-refractivity contribution >= 4 is 33.4 Å². The molecule has 1 aromatic carbocycles. The van der Waals surface area contributed by atoms with E-state index in [1.165, 1.54) is 11.3 Å². The van der Waals surface area contributed by atoms with Crippen LogP contribution in [0.2, 0.25) is 0 Å². The van der Waals surface area contributed by atoms with Crippen LogP contribution in [0.15, 0.2) is 36.4 Å². The Morgan fingerprint density at radius 3 is 2.48 bits per heavy atom. The standard InChI is InChI=1S/C20H22N4O2S/c1-14-17-13-18(19(26)23-10-6-9-22(11-12-23)15(2)25)27-20(17)24(21-14)16-7-4-3-5-8-16/h3-5,7-8,13H,6,9-12H2,1-2H3. The molecule has 2 amide bonds. The summed E-state index contributed by atoms with van der Waals surface area (Å²) in [5.41, 5.74) is 1.91. The minimum atomic E-state index is 0.0422. The molecule has 0 N–H and O–H groups in total. The number of rotatable bonds is 2. The fourth-order valence-corrected chi connectivity index (χ4v) is 4.64. The van der Waals surface area contributed by atoms with E-state index in [1.54, 1.807) is 6.92 Å². The van der Waals surface area contributed by atoms with E-state index in [1.807, 2.05) is 57.8 Å². The number of hydrogen-bond donors (Lipinski definition) is 0. The van der Waals surface area contributed by atoms with Crippen molar-refractivity contribution < 1.29 is 9.59 Å². The number of carbonyl (C=O) groups excluding carboxylic acids is 2. The molecule has 27 heavy (non-hydrogen) atoms. The van der Waals surface area contributed by atoms with Gasteiger partial charge >= 0.3 is 0 Å². The summed E-state index contributed by atoms with van der Waals surface area (Å²) in [4.78, 5) is 30.1. The maximum absolute atomic E-state index is 13.1. The van der Waals surface area contributed by atoms with E-state index in [9.17, 15) is 9.59 Å². The number of aryl methyl sites for hydroxylation is 1. The quantitative estimate of drug-likeness (QED) is 0.684. The summed E-state index contributed by atoms with van der Waals surface area (Å²) >= 11 is 1.48. The Balaban J connectivity index is 1.63. The number of aromatic nitrogens is 2. The summed E-state index contributed by atoms with van der Waals surface area (Å²) in [5.74, 6) is 0.116. The Kier molecular flexibility index (Phi) is 4.70. The molecule has 140 valence electrons. The fraction of sp³-hybridized carbons (Fsp3) is 0.350. The normalized spacial score (nSPS) is 15.2. The smallest absolute Gasteiger partial charge is 0.264 e. The zero-order valence-electron chi connectivity index (χ0n) is 15.5. The zero-order valence-corrected chi connectivity index (χ0v) is 16.3. The molecule has 6 nitrogen and oxygen atoms in total. The third-order valence-electron chi connectivity index (χ3n) is 4.98. The minimum absolute atomic E-state index is 0.0422. The average molecular weight is 382 g/mol. The highest BCUT2D eigenvalue weighted by atomic mass is 32.1. The molecule has 3 aromatic rings. The number of thiophene rings is 1. The van der Waals surface area contributed by atoms with Crippen LogP contribution < -0.4 is 0 Å². The Morgan fingerprint density at radius 1 is 1.04 bits per heavy atom. The Labute approximate surface area is 162 Å². The summed E-state index contributed by atoms with van der Waals surface area (Å²) in [6, 6.07) is 11.9. The second kappa shape index (κ2) is 7.15.